The first-order chi connectivity index (χ1) is 6.34. The van der Waals surface area contributed by atoms with E-state index in [9.17, 15) is 0 Å². The Morgan fingerprint density at radius 1 is 1.46 bits per heavy atom. The zero-order valence-electron chi connectivity index (χ0n) is 7.95. The number of aliphatic imine (C=N–C) groups is 2. The number of nitrogens with one attached hydrogen (secondary N) is 1. The van der Waals surface area contributed by atoms with Crippen LogP contribution in [0.2, 0.25) is 0 Å². The monoisotopic (exact) mass is 177 g/mol. The molecule has 3 heteroatoms. The van der Waals surface area contributed by atoms with Crippen molar-refractivity contribution in [2.75, 3.05) is 6.54 Å². The average Bonchev–Trinajstić information content (AvgIpc) is 2.15. The summed E-state index contributed by atoms with van der Waals surface area (Å²) < 4.78 is 0. The van der Waals surface area contributed by atoms with Crippen LogP contribution in [0.1, 0.15) is 26.2 Å². The Hall–Kier alpha value is -1.25. The molecule has 0 bridgehead atoms. The lowest BCUT2D eigenvalue weighted by Crippen LogP contribution is -2.11. The summed E-state index contributed by atoms with van der Waals surface area (Å²) in [5, 5.41) is 7.49. The van der Waals surface area contributed by atoms with Crippen molar-refractivity contribution in [3.8, 4) is 0 Å². The van der Waals surface area contributed by atoms with Gasteiger partial charge in [0.15, 0.2) is 5.84 Å². The number of nitrogens with zero attached hydrogens (tertiary/aromatic N) is 2. The molecule has 0 atom stereocenters. The van der Waals surface area contributed by atoms with Crippen LogP contribution in [0.5, 0.6) is 0 Å². The summed E-state index contributed by atoms with van der Waals surface area (Å²) in [6.07, 6.45) is 8.64. The van der Waals surface area contributed by atoms with Crippen molar-refractivity contribution in [1.29, 1.82) is 5.41 Å². The molecule has 0 aliphatic carbocycles. The van der Waals surface area contributed by atoms with E-state index in [0.717, 1.165) is 13.0 Å². The molecule has 70 valence electrons. The molecule has 0 aromatic carbocycles. The van der Waals surface area contributed by atoms with Gasteiger partial charge in [-0.15, -0.1) is 0 Å². The Morgan fingerprint density at radius 3 is 3.00 bits per heavy atom. The van der Waals surface area contributed by atoms with Gasteiger partial charge in [0, 0.05) is 12.8 Å². The van der Waals surface area contributed by atoms with Gasteiger partial charge in [0.25, 0.3) is 0 Å². The summed E-state index contributed by atoms with van der Waals surface area (Å²) >= 11 is 0. The Kier molecular flexibility index (Phi) is 4.09. The first-order valence-corrected chi connectivity index (χ1v) is 4.68. The Labute approximate surface area is 78.8 Å². The molecule has 1 N–H and O–H groups in total. The first-order valence-electron chi connectivity index (χ1n) is 4.68. The van der Waals surface area contributed by atoms with Gasteiger partial charge in [-0.25, -0.2) is 4.99 Å². The number of unbranched alkanes of at least 4 members (excludes halogenated alkanes) is 2. The Bertz CT molecular complexity index is 261. The van der Waals surface area contributed by atoms with Gasteiger partial charge < -0.3 is 0 Å². The van der Waals surface area contributed by atoms with Crippen LogP contribution >= 0.6 is 0 Å². The van der Waals surface area contributed by atoms with Crippen LogP contribution in [0.25, 0.3) is 0 Å². The molecular formula is C10H15N3. The lowest BCUT2D eigenvalue weighted by Gasteiger charge is -2.01. The maximum Gasteiger partial charge on any atom is 0.172 e. The zero-order valence-corrected chi connectivity index (χ0v) is 7.95. The SMILES string of the molecule is CCCCCN=C1N=CC=CC1=N. The molecule has 0 unspecified atom stereocenters. The minimum absolute atomic E-state index is 0.416. The van der Waals surface area contributed by atoms with E-state index in [-0.39, 0.29) is 0 Å². The number of allylic oxidation sites excluding steroid dienone is 1. The molecule has 0 aromatic heterocycles. The predicted molar refractivity (Wildman–Crippen MR) is 57.2 cm³/mol. The highest BCUT2D eigenvalue weighted by Gasteiger charge is 2.02. The highest BCUT2D eigenvalue weighted by molar-refractivity contribution is 6.47. The Morgan fingerprint density at radius 2 is 2.31 bits per heavy atom. The summed E-state index contributed by atoms with van der Waals surface area (Å²) in [7, 11) is 0. The van der Waals surface area contributed by atoms with Gasteiger partial charge in [0.1, 0.15) is 0 Å². The van der Waals surface area contributed by atoms with Crippen molar-refractivity contribution in [2.24, 2.45) is 9.98 Å². The second-order valence-electron chi connectivity index (χ2n) is 2.96. The van der Waals surface area contributed by atoms with E-state index >= 15 is 0 Å². The molecular weight excluding hydrogens is 162 g/mol. The van der Waals surface area contributed by atoms with Crippen LogP contribution in [-0.4, -0.2) is 24.3 Å². The molecule has 0 saturated carbocycles. The van der Waals surface area contributed by atoms with Gasteiger partial charge in [-0.2, -0.15) is 0 Å². The van der Waals surface area contributed by atoms with Crippen LogP contribution < -0.4 is 0 Å². The van der Waals surface area contributed by atoms with Crippen LogP contribution in [0.3, 0.4) is 0 Å². The van der Waals surface area contributed by atoms with E-state index < -0.39 is 0 Å². The molecule has 1 aliphatic heterocycles. The predicted octanol–water partition coefficient (Wildman–Crippen LogP) is 2.24. The summed E-state index contributed by atoms with van der Waals surface area (Å²) in [5.74, 6) is 0.568. The van der Waals surface area contributed by atoms with Gasteiger partial charge in [0.05, 0.1) is 5.71 Å². The lowest BCUT2D eigenvalue weighted by atomic mass is 10.2. The highest BCUT2D eigenvalue weighted by Crippen LogP contribution is 1.97. The quantitative estimate of drug-likeness (QED) is 0.640. The van der Waals surface area contributed by atoms with Gasteiger partial charge in [-0.05, 0) is 18.6 Å². The van der Waals surface area contributed by atoms with Crippen LogP contribution in [0.4, 0.5) is 0 Å². The van der Waals surface area contributed by atoms with Crippen molar-refractivity contribution in [1.82, 2.24) is 0 Å². The standard InChI is InChI=1S/C10H15N3/c1-2-3-4-7-12-10-9(11)6-5-8-13-10/h5-6,8,11H,2-4,7H2,1H3. The highest BCUT2D eigenvalue weighted by atomic mass is 14.9. The molecule has 0 radical (unpaired) electrons. The maximum absolute atomic E-state index is 7.49. The normalized spacial score (nSPS) is 18.5. The molecule has 3 nitrogen and oxygen atoms in total. The van der Waals surface area contributed by atoms with Crippen molar-refractivity contribution < 1.29 is 0 Å². The molecule has 1 rings (SSSR count). The number of amidine groups is 1. The van der Waals surface area contributed by atoms with Crippen molar-refractivity contribution in [2.45, 2.75) is 26.2 Å². The Balaban J connectivity index is 2.38. The van der Waals surface area contributed by atoms with E-state index in [4.69, 9.17) is 5.41 Å². The van der Waals surface area contributed by atoms with Crippen molar-refractivity contribution >= 4 is 17.8 Å². The van der Waals surface area contributed by atoms with Crippen LogP contribution in [0.15, 0.2) is 22.1 Å². The molecule has 0 aromatic rings. The molecule has 1 aliphatic rings. The zero-order chi connectivity index (χ0) is 9.52. The summed E-state index contributed by atoms with van der Waals surface area (Å²) in [6, 6.07) is 0. The summed E-state index contributed by atoms with van der Waals surface area (Å²) in [4.78, 5) is 8.27. The fourth-order valence-corrected chi connectivity index (χ4v) is 1.07. The fraction of sp³-hybridized carbons (Fsp3) is 0.500. The molecule has 0 spiro atoms. The number of hydrogen-bond donors (Lipinski definition) is 1. The van der Waals surface area contributed by atoms with Gasteiger partial charge in [-0.1, -0.05) is 19.8 Å². The molecule has 0 saturated heterocycles. The van der Waals surface area contributed by atoms with Crippen LogP contribution in [-0.2, 0) is 0 Å². The largest absolute Gasteiger partial charge is 0.297 e. The topological polar surface area (TPSA) is 48.6 Å². The van der Waals surface area contributed by atoms with Crippen molar-refractivity contribution in [3.63, 3.8) is 0 Å². The summed E-state index contributed by atoms with van der Waals surface area (Å²) in [6.45, 7) is 2.95. The second kappa shape index (κ2) is 5.41. The van der Waals surface area contributed by atoms with Gasteiger partial charge in [-0.3, -0.25) is 10.4 Å². The smallest absolute Gasteiger partial charge is 0.172 e. The van der Waals surface area contributed by atoms with E-state index in [0.29, 0.717) is 11.5 Å². The molecule has 13 heavy (non-hydrogen) atoms. The molecule has 1 heterocycles. The fourth-order valence-electron chi connectivity index (χ4n) is 1.07. The average molecular weight is 177 g/mol. The van der Waals surface area contributed by atoms with E-state index in [2.05, 4.69) is 16.9 Å². The lowest BCUT2D eigenvalue weighted by molar-refractivity contribution is 0.728. The number of hydrogen-bond acceptors (Lipinski definition) is 2. The second-order valence-corrected chi connectivity index (χ2v) is 2.96. The minimum atomic E-state index is 0.416. The van der Waals surface area contributed by atoms with Crippen LogP contribution in [0, 0.1) is 5.41 Å². The van der Waals surface area contributed by atoms with E-state index in [1.807, 2.05) is 0 Å². The number of dihydropyridines is 1. The van der Waals surface area contributed by atoms with Crippen molar-refractivity contribution in [3.05, 3.63) is 12.2 Å². The van der Waals surface area contributed by atoms with E-state index in [1.165, 1.54) is 12.8 Å². The third kappa shape index (κ3) is 3.32. The maximum atomic E-state index is 7.49. The number of rotatable bonds is 4. The summed E-state index contributed by atoms with van der Waals surface area (Å²) in [5.41, 5.74) is 0.416. The molecule has 0 amide bonds. The third-order valence-electron chi connectivity index (χ3n) is 1.81. The minimum Gasteiger partial charge on any atom is -0.297 e. The first kappa shape index (κ1) is 9.84. The molecule has 0 fully saturated rings. The van der Waals surface area contributed by atoms with E-state index in [1.54, 1.807) is 18.4 Å². The third-order valence-corrected chi connectivity index (χ3v) is 1.81. The van der Waals surface area contributed by atoms with Gasteiger partial charge in [0.2, 0.25) is 0 Å². The van der Waals surface area contributed by atoms with Gasteiger partial charge >= 0.3 is 0 Å².